The fraction of sp³-hybridized carbons (Fsp3) is 0.667. The van der Waals surface area contributed by atoms with E-state index in [1.54, 1.807) is 0 Å². The van der Waals surface area contributed by atoms with Gasteiger partial charge in [0.15, 0.2) is 0 Å². The number of nitrogens with two attached hydrogens (primary N) is 1. The number of hydrogen-bond donors (Lipinski definition) is 1. The largest absolute Gasteiger partial charge is 0.321 e. The SMILES string of the molecule is CC1CCC(N)(c2ccc(C(C)(C)C)cc2)C(C)C1. The Morgan fingerprint density at radius 3 is 2.16 bits per heavy atom. The van der Waals surface area contributed by atoms with E-state index in [9.17, 15) is 0 Å². The Kier molecular flexibility index (Phi) is 3.79. The maximum absolute atomic E-state index is 6.75. The van der Waals surface area contributed by atoms with Gasteiger partial charge in [-0.2, -0.15) is 0 Å². The highest BCUT2D eigenvalue weighted by molar-refractivity contribution is 5.32. The van der Waals surface area contributed by atoms with Crippen molar-refractivity contribution in [2.75, 3.05) is 0 Å². The lowest BCUT2D eigenvalue weighted by Crippen LogP contribution is -2.46. The van der Waals surface area contributed by atoms with Crippen molar-refractivity contribution in [2.45, 2.75) is 64.8 Å². The van der Waals surface area contributed by atoms with Crippen molar-refractivity contribution in [3.05, 3.63) is 35.4 Å². The van der Waals surface area contributed by atoms with Gasteiger partial charge in [0.05, 0.1) is 0 Å². The van der Waals surface area contributed by atoms with Gasteiger partial charge in [0.2, 0.25) is 0 Å². The smallest absolute Gasteiger partial charge is 0.0435 e. The molecule has 2 rings (SSSR count). The highest BCUT2D eigenvalue weighted by Crippen LogP contribution is 2.42. The molecule has 0 amide bonds. The molecule has 0 heterocycles. The number of benzene rings is 1. The maximum Gasteiger partial charge on any atom is 0.0435 e. The summed E-state index contributed by atoms with van der Waals surface area (Å²) >= 11 is 0. The molecule has 3 unspecified atom stereocenters. The highest BCUT2D eigenvalue weighted by atomic mass is 14.8. The Morgan fingerprint density at radius 2 is 1.68 bits per heavy atom. The minimum atomic E-state index is -0.122. The molecule has 1 aromatic carbocycles. The van der Waals surface area contributed by atoms with Crippen molar-refractivity contribution in [2.24, 2.45) is 17.6 Å². The Balaban J connectivity index is 2.26. The number of rotatable bonds is 1. The first kappa shape index (κ1) is 14.6. The van der Waals surface area contributed by atoms with Gasteiger partial charge in [-0.15, -0.1) is 0 Å². The van der Waals surface area contributed by atoms with Crippen molar-refractivity contribution in [1.82, 2.24) is 0 Å². The second-order valence-corrected chi connectivity index (χ2v) is 7.65. The van der Waals surface area contributed by atoms with Crippen molar-refractivity contribution in [3.8, 4) is 0 Å². The molecule has 19 heavy (non-hydrogen) atoms. The molecule has 1 heteroatoms. The molecule has 0 bridgehead atoms. The van der Waals surface area contributed by atoms with Gasteiger partial charge < -0.3 is 5.73 Å². The lowest BCUT2D eigenvalue weighted by molar-refractivity contribution is 0.164. The van der Waals surface area contributed by atoms with Crippen LogP contribution in [0.2, 0.25) is 0 Å². The molecule has 0 aliphatic heterocycles. The van der Waals surface area contributed by atoms with E-state index in [1.165, 1.54) is 24.0 Å². The second-order valence-electron chi connectivity index (χ2n) is 7.65. The van der Waals surface area contributed by atoms with E-state index in [1.807, 2.05) is 0 Å². The van der Waals surface area contributed by atoms with E-state index in [-0.39, 0.29) is 11.0 Å². The first-order chi connectivity index (χ1) is 8.73. The lowest BCUT2D eigenvalue weighted by atomic mass is 9.67. The molecule has 106 valence electrons. The molecular formula is C18H29N. The summed E-state index contributed by atoms with van der Waals surface area (Å²) in [6, 6.07) is 9.03. The minimum Gasteiger partial charge on any atom is -0.321 e. The summed E-state index contributed by atoms with van der Waals surface area (Å²) in [5.41, 5.74) is 9.54. The molecule has 2 N–H and O–H groups in total. The third-order valence-electron chi connectivity index (χ3n) is 4.97. The van der Waals surface area contributed by atoms with Gasteiger partial charge in [0.1, 0.15) is 0 Å². The molecule has 1 aliphatic carbocycles. The van der Waals surface area contributed by atoms with Crippen LogP contribution in [0.15, 0.2) is 24.3 Å². The molecule has 1 aliphatic rings. The van der Waals surface area contributed by atoms with Crippen LogP contribution < -0.4 is 5.73 Å². The standard InChI is InChI=1S/C18H29N/c1-13-10-11-18(19,14(2)12-13)16-8-6-15(7-9-16)17(3,4)5/h6-9,13-14H,10-12,19H2,1-5H3. The Labute approximate surface area is 118 Å². The van der Waals surface area contributed by atoms with Crippen LogP contribution in [-0.4, -0.2) is 0 Å². The third-order valence-corrected chi connectivity index (χ3v) is 4.97. The quantitative estimate of drug-likeness (QED) is 0.784. The monoisotopic (exact) mass is 259 g/mol. The fourth-order valence-corrected chi connectivity index (χ4v) is 3.37. The summed E-state index contributed by atoms with van der Waals surface area (Å²) in [5, 5.41) is 0. The van der Waals surface area contributed by atoms with Gasteiger partial charge in [0.25, 0.3) is 0 Å². The van der Waals surface area contributed by atoms with Gasteiger partial charge in [-0.3, -0.25) is 0 Å². The molecule has 0 aromatic heterocycles. The first-order valence-corrected chi connectivity index (χ1v) is 7.63. The summed E-state index contributed by atoms with van der Waals surface area (Å²) in [4.78, 5) is 0. The molecule has 3 atom stereocenters. The molecule has 0 spiro atoms. The molecule has 1 saturated carbocycles. The van der Waals surface area contributed by atoms with E-state index in [0.717, 1.165) is 12.3 Å². The first-order valence-electron chi connectivity index (χ1n) is 7.63. The zero-order valence-corrected chi connectivity index (χ0v) is 13.2. The highest BCUT2D eigenvalue weighted by Gasteiger charge is 2.38. The van der Waals surface area contributed by atoms with Gasteiger partial charge in [-0.05, 0) is 47.6 Å². The van der Waals surface area contributed by atoms with Gasteiger partial charge in [-0.1, -0.05) is 58.9 Å². The summed E-state index contributed by atoms with van der Waals surface area (Å²) in [6.07, 6.45) is 3.61. The molecular weight excluding hydrogens is 230 g/mol. The Bertz CT molecular complexity index is 426. The van der Waals surface area contributed by atoms with Gasteiger partial charge in [0, 0.05) is 5.54 Å². The van der Waals surface area contributed by atoms with E-state index >= 15 is 0 Å². The molecule has 0 radical (unpaired) electrons. The maximum atomic E-state index is 6.75. The molecule has 1 fully saturated rings. The second kappa shape index (κ2) is 4.94. The summed E-state index contributed by atoms with van der Waals surface area (Å²) < 4.78 is 0. The molecule has 1 aromatic rings. The van der Waals surface area contributed by atoms with Crippen molar-refractivity contribution in [1.29, 1.82) is 0 Å². The summed E-state index contributed by atoms with van der Waals surface area (Å²) in [6.45, 7) is 11.4. The van der Waals surface area contributed by atoms with Crippen molar-refractivity contribution < 1.29 is 0 Å². The minimum absolute atomic E-state index is 0.122. The lowest BCUT2D eigenvalue weighted by Gasteiger charge is -2.42. The van der Waals surface area contributed by atoms with Crippen LogP contribution in [0.25, 0.3) is 0 Å². The van der Waals surface area contributed by atoms with Crippen molar-refractivity contribution >= 4 is 0 Å². The third kappa shape index (κ3) is 2.86. The Hall–Kier alpha value is -0.820. The van der Waals surface area contributed by atoms with E-state index in [0.29, 0.717) is 5.92 Å². The zero-order chi connectivity index (χ0) is 14.3. The molecule has 0 saturated heterocycles. The normalized spacial score (nSPS) is 32.3. The topological polar surface area (TPSA) is 26.0 Å². The van der Waals surface area contributed by atoms with Crippen LogP contribution in [0.5, 0.6) is 0 Å². The van der Waals surface area contributed by atoms with Crippen LogP contribution in [0.3, 0.4) is 0 Å². The van der Waals surface area contributed by atoms with Crippen LogP contribution in [0.4, 0.5) is 0 Å². The number of hydrogen-bond acceptors (Lipinski definition) is 1. The van der Waals surface area contributed by atoms with E-state index < -0.39 is 0 Å². The van der Waals surface area contributed by atoms with Gasteiger partial charge in [-0.25, -0.2) is 0 Å². The summed E-state index contributed by atoms with van der Waals surface area (Å²) in [7, 11) is 0. The predicted octanol–water partition coefficient (Wildman–Crippen LogP) is 4.59. The average Bonchev–Trinajstić information content (AvgIpc) is 2.33. The molecule has 1 nitrogen and oxygen atoms in total. The average molecular weight is 259 g/mol. The zero-order valence-electron chi connectivity index (χ0n) is 13.2. The van der Waals surface area contributed by atoms with Crippen LogP contribution in [0, 0.1) is 11.8 Å². The predicted molar refractivity (Wildman–Crippen MR) is 83.2 cm³/mol. The van der Waals surface area contributed by atoms with Crippen LogP contribution in [-0.2, 0) is 11.0 Å². The van der Waals surface area contributed by atoms with Crippen LogP contribution in [0.1, 0.15) is 65.0 Å². The Morgan fingerprint density at radius 1 is 1.11 bits per heavy atom. The van der Waals surface area contributed by atoms with Crippen molar-refractivity contribution in [3.63, 3.8) is 0 Å². The van der Waals surface area contributed by atoms with E-state index in [2.05, 4.69) is 58.9 Å². The summed E-state index contributed by atoms with van der Waals surface area (Å²) in [5.74, 6) is 1.39. The van der Waals surface area contributed by atoms with Crippen LogP contribution >= 0.6 is 0 Å². The van der Waals surface area contributed by atoms with Gasteiger partial charge >= 0.3 is 0 Å². The van der Waals surface area contributed by atoms with E-state index in [4.69, 9.17) is 5.73 Å². The fourth-order valence-electron chi connectivity index (χ4n) is 3.37.